The molecule has 2 aromatic heterocycles. The van der Waals surface area contributed by atoms with E-state index in [1.165, 1.54) is 0 Å². The first kappa shape index (κ1) is 22.0. The van der Waals surface area contributed by atoms with E-state index in [-0.39, 0.29) is 23.0 Å². The summed E-state index contributed by atoms with van der Waals surface area (Å²) in [7, 11) is 1.65. The Balaban J connectivity index is 1.80. The Morgan fingerprint density at radius 1 is 1.17 bits per heavy atom. The molecule has 2 amide bonds. The molecule has 0 aliphatic heterocycles. The van der Waals surface area contributed by atoms with Gasteiger partial charge in [-0.3, -0.25) is 14.4 Å². The van der Waals surface area contributed by atoms with Crippen molar-refractivity contribution in [2.45, 2.75) is 51.7 Å². The van der Waals surface area contributed by atoms with Crippen molar-refractivity contribution in [2.75, 3.05) is 5.32 Å². The number of nitrogens with zero attached hydrogens (tertiary/aromatic N) is 2. The zero-order valence-corrected chi connectivity index (χ0v) is 17.9. The topological polar surface area (TPSA) is 113 Å². The molecule has 160 valence electrons. The SMILES string of the molecule is Cc1c(C(=O)Nc2cccc(Cl)n2)c(C)n(C)c1C(=O)C(=O)NC1CCC(O)CC1. The molecule has 0 atom stereocenters. The van der Waals surface area contributed by atoms with E-state index in [0.29, 0.717) is 48.3 Å². The second-order valence-electron chi connectivity index (χ2n) is 7.60. The first-order valence-corrected chi connectivity index (χ1v) is 10.2. The Morgan fingerprint density at radius 2 is 1.83 bits per heavy atom. The molecule has 1 saturated carbocycles. The fourth-order valence-corrected chi connectivity index (χ4v) is 4.03. The lowest BCUT2D eigenvalue weighted by Gasteiger charge is -2.25. The van der Waals surface area contributed by atoms with Crippen LogP contribution < -0.4 is 10.6 Å². The Labute approximate surface area is 179 Å². The van der Waals surface area contributed by atoms with Crippen molar-refractivity contribution in [3.63, 3.8) is 0 Å². The minimum Gasteiger partial charge on any atom is -0.393 e. The van der Waals surface area contributed by atoms with Crippen molar-refractivity contribution in [1.82, 2.24) is 14.9 Å². The predicted molar refractivity (Wildman–Crippen MR) is 113 cm³/mol. The number of carbonyl (C=O) groups is 3. The smallest absolute Gasteiger partial charge is 0.294 e. The van der Waals surface area contributed by atoms with E-state index in [9.17, 15) is 19.5 Å². The van der Waals surface area contributed by atoms with Gasteiger partial charge in [-0.25, -0.2) is 4.98 Å². The summed E-state index contributed by atoms with van der Waals surface area (Å²) in [5.74, 6) is -1.54. The molecule has 0 radical (unpaired) electrons. The number of pyridine rings is 1. The zero-order valence-electron chi connectivity index (χ0n) is 17.2. The van der Waals surface area contributed by atoms with Crippen LogP contribution in [0.15, 0.2) is 18.2 Å². The number of nitrogens with one attached hydrogen (secondary N) is 2. The highest BCUT2D eigenvalue weighted by Crippen LogP contribution is 2.24. The molecular weight excluding hydrogens is 408 g/mol. The normalized spacial score (nSPS) is 18.7. The van der Waals surface area contributed by atoms with Gasteiger partial charge in [0.25, 0.3) is 17.6 Å². The molecule has 0 bridgehead atoms. The van der Waals surface area contributed by atoms with Crippen LogP contribution in [0, 0.1) is 13.8 Å². The lowest BCUT2D eigenvalue weighted by Crippen LogP contribution is -2.42. The van der Waals surface area contributed by atoms with E-state index in [2.05, 4.69) is 15.6 Å². The van der Waals surface area contributed by atoms with E-state index < -0.39 is 17.6 Å². The molecule has 0 saturated heterocycles. The van der Waals surface area contributed by atoms with Crippen molar-refractivity contribution in [3.05, 3.63) is 45.9 Å². The number of hydrogen-bond donors (Lipinski definition) is 3. The fraction of sp³-hybridized carbons (Fsp3) is 0.429. The van der Waals surface area contributed by atoms with Crippen LogP contribution in [0.4, 0.5) is 5.82 Å². The quantitative estimate of drug-likeness (QED) is 0.381. The van der Waals surface area contributed by atoms with Crippen LogP contribution in [0.3, 0.4) is 0 Å². The third-order valence-electron chi connectivity index (χ3n) is 5.57. The second-order valence-corrected chi connectivity index (χ2v) is 7.99. The van der Waals surface area contributed by atoms with Gasteiger partial charge in [0.05, 0.1) is 17.4 Å². The average Bonchev–Trinajstić information content (AvgIpc) is 2.91. The second kappa shape index (κ2) is 8.97. The molecule has 8 nitrogen and oxygen atoms in total. The number of ketones is 1. The van der Waals surface area contributed by atoms with Crippen molar-refractivity contribution in [2.24, 2.45) is 7.05 Å². The van der Waals surface area contributed by atoms with E-state index in [4.69, 9.17) is 11.6 Å². The summed E-state index contributed by atoms with van der Waals surface area (Å²) in [6.45, 7) is 3.36. The van der Waals surface area contributed by atoms with Gasteiger partial charge in [-0.05, 0) is 57.2 Å². The molecule has 1 aliphatic rings. The van der Waals surface area contributed by atoms with Gasteiger partial charge in [0.2, 0.25) is 0 Å². The summed E-state index contributed by atoms with van der Waals surface area (Å²) < 4.78 is 1.56. The van der Waals surface area contributed by atoms with Crippen LogP contribution in [0.2, 0.25) is 5.15 Å². The first-order chi connectivity index (χ1) is 14.2. The lowest BCUT2D eigenvalue weighted by molar-refractivity contribution is -0.118. The standard InChI is InChI=1S/C21H25ClN4O4/c1-11-17(20(29)25-16-6-4-5-15(22)24-16)12(2)26(3)18(11)19(28)21(30)23-13-7-9-14(27)10-8-13/h4-6,13-14,27H,7-10H2,1-3H3,(H,23,30)(H,24,25,29). The van der Waals surface area contributed by atoms with E-state index in [1.807, 2.05) is 0 Å². The van der Waals surface area contributed by atoms with Gasteiger partial charge in [0.15, 0.2) is 0 Å². The van der Waals surface area contributed by atoms with Gasteiger partial charge < -0.3 is 20.3 Å². The summed E-state index contributed by atoms with van der Waals surface area (Å²) >= 11 is 5.86. The minimum atomic E-state index is -0.705. The van der Waals surface area contributed by atoms with Crippen LogP contribution in [0.25, 0.3) is 0 Å². The highest BCUT2D eigenvalue weighted by Gasteiger charge is 2.30. The number of anilines is 1. The number of aliphatic hydroxyl groups excluding tert-OH is 1. The molecule has 0 aromatic carbocycles. The number of hydrogen-bond acceptors (Lipinski definition) is 5. The molecule has 9 heteroatoms. The van der Waals surface area contributed by atoms with Crippen LogP contribution >= 0.6 is 11.6 Å². The summed E-state index contributed by atoms with van der Waals surface area (Å²) in [4.78, 5) is 42.3. The van der Waals surface area contributed by atoms with E-state index >= 15 is 0 Å². The Kier molecular flexibility index (Phi) is 6.58. The largest absolute Gasteiger partial charge is 0.393 e. The van der Waals surface area contributed by atoms with Crippen LogP contribution in [0.1, 0.15) is 57.8 Å². The number of halogens is 1. The Bertz CT molecular complexity index is 993. The van der Waals surface area contributed by atoms with Crippen LogP contribution in [-0.2, 0) is 11.8 Å². The first-order valence-electron chi connectivity index (χ1n) is 9.82. The van der Waals surface area contributed by atoms with Gasteiger partial charge in [-0.1, -0.05) is 17.7 Å². The van der Waals surface area contributed by atoms with Crippen molar-refractivity contribution in [3.8, 4) is 0 Å². The molecule has 2 heterocycles. The molecular formula is C21H25ClN4O4. The van der Waals surface area contributed by atoms with Crippen LogP contribution in [0.5, 0.6) is 0 Å². The number of aromatic nitrogens is 2. The number of rotatable bonds is 5. The van der Waals surface area contributed by atoms with Crippen molar-refractivity contribution in [1.29, 1.82) is 0 Å². The molecule has 3 rings (SSSR count). The molecule has 0 spiro atoms. The summed E-state index contributed by atoms with van der Waals surface area (Å²) in [6, 6.07) is 4.73. The monoisotopic (exact) mass is 432 g/mol. The number of carbonyl (C=O) groups excluding carboxylic acids is 3. The minimum absolute atomic E-state index is 0.136. The number of amides is 2. The predicted octanol–water partition coefficient (Wildman–Crippen LogP) is 2.55. The van der Waals surface area contributed by atoms with Crippen molar-refractivity contribution < 1.29 is 19.5 Å². The highest BCUT2D eigenvalue weighted by atomic mass is 35.5. The van der Waals surface area contributed by atoms with Gasteiger partial charge >= 0.3 is 0 Å². The third-order valence-corrected chi connectivity index (χ3v) is 5.78. The summed E-state index contributed by atoms with van der Waals surface area (Å²) in [5.41, 5.74) is 1.47. The van der Waals surface area contributed by atoms with Crippen molar-refractivity contribution >= 4 is 35.0 Å². The maximum atomic E-state index is 12.9. The maximum Gasteiger partial charge on any atom is 0.294 e. The van der Waals surface area contributed by atoms with Gasteiger partial charge in [-0.2, -0.15) is 0 Å². The Morgan fingerprint density at radius 3 is 2.47 bits per heavy atom. The van der Waals surface area contributed by atoms with E-state index in [0.717, 1.165) is 0 Å². The lowest BCUT2D eigenvalue weighted by atomic mass is 9.93. The molecule has 1 aliphatic carbocycles. The Hall–Kier alpha value is -2.71. The maximum absolute atomic E-state index is 12.9. The number of aliphatic hydroxyl groups is 1. The number of Topliss-reactive ketones (excluding diaryl/α,β-unsaturated/α-hetero) is 1. The molecule has 30 heavy (non-hydrogen) atoms. The molecule has 3 N–H and O–H groups in total. The average molecular weight is 433 g/mol. The third kappa shape index (κ3) is 4.55. The van der Waals surface area contributed by atoms with Gasteiger partial charge in [-0.15, -0.1) is 0 Å². The van der Waals surface area contributed by atoms with Crippen LogP contribution in [-0.4, -0.2) is 44.4 Å². The molecule has 1 fully saturated rings. The highest BCUT2D eigenvalue weighted by molar-refractivity contribution is 6.43. The molecule has 2 aromatic rings. The van der Waals surface area contributed by atoms with Gasteiger partial charge in [0, 0.05) is 18.8 Å². The summed E-state index contributed by atoms with van der Waals surface area (Å²) in [6.07, 6.45) is 2.12. The molecule has 0 unspecified atom stereocenters. The van der Waals surface area contributed by atoms with E-state index in [1.54, 1.807) is 43.7 Å². The fourth-order valence-electron chi connectivity index (χ4n) is 3.87. The summed E-state index contributed by atoms with van der Waals surface area (Å²) in [5, 5.41) is 15.3. The van der Waals surface area contributed by atoms with Gasteiger partial charge in [0.1, 0.15) is 11.0 Å². The zero-order chi connectivity index (χ0) is 22.0.